The van der Waals surface area contributed by atoms with Crippen molar-refractivity contribution in [3.63, 3.8) is 0 Å². The molecule has 0 spiro atoms. The van der Waals surface area contributed by atoms with Crippen LogP contribution in [0.1, 0.15) is 54.4 Å². The van der Waals surface area contributed by atoms with Gasteiger partial charge in [-0.05, 0) is 63.1 Å². The van der Waals surface area contributed by atoms with Crippen molar-refractivity contribution in [1.29, 1.82) is 0 Å². The smallest absolute Gasteiger partial charge is 0.179 e. The second-order valence-corrected chi connectivity index (χ2v) is 11.7. The van der Waals surface area contributed by atoms with Gasteiger partial charge < -0.3 is 19.8 Å². The van der Waals surface area contributed by atoms with Crippen LogP contribution in [0.5, 0.6) is 0 Å². The molecule has 206 valence electrons. The van der Waals surface area contributed by atoms with Crippen molar-refractivity contribution < 1.29 is 13.2 Å². The Morgan fingerprint density at radius 3 is 2.31 bits per heavy atom. The molecule has 4 aromatic heterocycles. The number of hydrogen-bond donors (Lipinski definition) is 2. The number of aldehydes is 1. The highest BCUT2D eigenvalue weighted by molar-refractivity contribution is 7.91. The molecule has 0 unspecified atom stereocenters. The van der Waals surface area contributed by atoms with Crippen molar-refractivity contribution in [3.8, 4) is 0 Å². The van der Waals surface area contributed by atoms with Gasteiger partial charge in [0.05, 0.1) is 12.2 Å². The molecule has 0 aliphatic heterocycles. The summed E-state index contributed by atoms with van der Waals surface area (Å²) in [5, 5.41) is 6.23. The fraction of sp³-hybridized carbons (Fsp3) is 0.407. The summed E-state index contributed by atoms with van der Waals surface area (Å²) in [6, 6.07) is 5.45. The first-order valence-corrected chi connectivity index (χ1v) is 14.7. The van der Waals surface area contributed by atoms with Crippen LogP contribution in [0, 0.1) is 19.8 Å². The minimum Gasteiger partial charge on any atom is -0.373 e. The van der Waals surface area contributed by atoms with E-state index in [1.807, 2.05) is 42.8 Å². The number of nitrogens with zero attached hydrogens (tertiary/aromatic N) is 6. The molecule has 0 radical (unpaired) electrons. The van der Waals surface area contributed by atoms with Crippen LogP contribution in [0.4, 0.5) is 11.6 Å². The van der Waals surface area contributed by atoms with Crippen molar-refractivity contribution in [1.82, 2.24) is 29.3 Å². The molecule has 6 rings (SSSR count). The van der Waals surface area contributed by atoms with Gasteiger partial charge in [0.2, 0.25) is 0 Å². The standard InChI is InChI=1S/C18H22N6O2S.C5H6N2.C4H6O/c1-11-21-16(19-2)7-17(22-11)20-8-14-10-24-9-13(12-4-5-12)6-15(18(24)23-14)27(3,25)26;1-5-2-3-6-4-7-5;5-3-4-1-2-4/h6-7,9-10,12H,4-5,8H2,1-3H3,(H2,19,20,21,22);2-4H,1H3;3-4H,1-2H2. The lowest BCUT2D eigenvalue weighted by Crippen LogP contribution is -2.05. The summed E-state index contributed by atoms with van der Waals surface area (Å²) < 4.78 is 26.3. The second-order valence-electron chi connectivity index (χ2n) is 9.76. The Kier molecular flexibility index (Phi) is 8.85. The molecule has 4 aromatic rings. The van der Waals surface area contributed by atoms with Crippen LogP contribution in [-0.2, 0) is 21.2 Å². The summed E-state index contributed by atoms with van der Waals surface area (Å²) in [6.07, 6.45) is 13.9. The normalized spacial score (nSPS) is 14.5. The molecular weight excluding hydrogens is 516 g/mol. The van der Waals surface area contributed by atoms with Crippen LogP contribution in [0.25, 0.3) is 5.65 Å². The van der Waals surface area contributed by atoms with Crippen LogP contribution in [-0.4, -0.2) is 57.3 Å². The van der Waals surface area contributed by atoms with Gasteiger partial charge in [0.15, 0.2) is 15.5 Å². The number of pyridine rings is 1. The zero-order valence-electron chi connectivity index (χ0n) is 22.6. The SMILES string of the molecule is CNc1cc(NCc2cn3cc(C4CC4)cc(S(C)(=O)=O)c3n2)nc(C)n1.Cc1ccncn1.O=CC1CC1. The Balaban J connectivity index is 0.000000241. The number of aryl methyl sites for hydroxylation is 2. The minimum absolute atomic E-state index is 0.286. The molecule has 0 saturated heterocycles. The van der Waals surface area contributed by atoms with E-state index in [0.717, 1.165) is 54.7 Å². The average Bonchev–Trinajstić information content (AvgIpc) is 3.84. The van der Waals surface area contributed by atoms with E-state index in [9.17, 15) is 13.2 Å². The topological polar surface area (TPSA) is 144 Å². The zero-order valence-corrected chi connectivity index (χ0v) is 23.4. The molecular formula is C27H34N8O3S. The van der Waals surface area contributed by atoms with Crippen molar-refractivity contribution in [2.75, 3.05) is 23.9 Å². The number of hydrogen-bond acceptors (Lipinski definition) is 10. The van der Waals surface area contributed by atoms with Gasteiger partial charge in [-0.3, -0.25) is 0 Å². The zero-order chi connectivity index (χ0) is 28.0. The summed E-state index contributed by atoms with van der Waals surface area (Å²) in [6.45, 7) is 4.19. The van der Waals surface area contributed by atoms with Crippen LogP contribution >= 0.6 is 0 Å². The molecule has 2 fully saturated rings. The number of sulfone groups is 1. The van der Waals surface area contributed by atoms with Gasteiger partial charge in [0.25, 0.3) is 0 Å². The first-order chi connectivity index (χ1) is 18.7. The largest absolute Gasteiger partial charge is 0.373 e. The van der Waals surface area contributed by atoms with E-state index < -0.39 is 9.84 Å². The van der Waals surface area contributed by atoms with E-state index in [-0.39, 0.29) is 4.90 Å². The van der Waals surface area contributed by atoms with E-state index in [2.05, 4.69) is 35.6 Å². The van der Waals surface area contributed by atoms with Crippen LogP contribution in [0.3, 0.4) is 0 Å². The summed E-state index contributed by atoms with van der Waals surface area (Å²) >= 11 is 0. The van der Waals surface area contributed by atoms with Gasteiger partial charge in [-0.2, -0.15) is 0 Å². The molecule has 2 saturated carbocycles. The number of rotatable bonds is 7. The average molecular weight is 551 g/mol. The molecule has 2 aliphatic rings. The number of fused-ring (bicyclic) bond motifs is 1. The lowest BCUT2D eigenvalue weighted by Gasteiger charge is -2.06. The maximum Gasteiger partial charge on any atom is 0.179 e. The Bertz CT molecular complexity index is 1530. The first kappa shape index (κ1) is 28.1. The lowest BCUT2D eigenvalue weighted by molar-refractivity contribution is -0.108. The van der Waals surface area contributed by atoms with Crippen molar-refractivity contribution >= 4 is 33.4 Å². The fourth-order valence-electron chi connectivity index (χ4n) is 3.69. The second kappa shape index (κ2) is 12.3. The lowest BCUT2D eigenvalue weighted by atomic mass is 10.2. The van der Waals surface area contributed by atoms with Crippen LogP contribution in [0.2, 0.25) is 0 Å². The monoisotopic (exact) mass is 550 g/mol. The van der Waals surface area contributed by atoms with Gasteiger partial charge in [0.1, 0.15) is 35.0 Å². The maximum atomic E-state index is 12.2. The molecule has 4 heterocycles. The summed E-state index contributed by atoms with van der Waals surface area (Å²) in [4.78, 5) is 30.6. The molecule has 2 aliphatic carbocycles. The molecule has 0 atom stereocenters. The molecule has 2 N–H and O–H groups in total. The maximum absolute atomic E-state index is 12.2. The Hall–Kier alpha value is -3.93. The van der Waals surface area contributed by atoms with E-state index >= 15 is 0 Å². The van der Waals surface area contributed by atoms with Crippen molar-refractivity contribution in [3.05, 3.63) is 65.9 Å². The number of nitrogens with one attached hydrogen (secondary N) is 2. The van der Waals surface area contributed by atoms with Gasteiger partial charge in [-0.1, -0.05) is 0 Å². The Labute approximate surface area is 228 Å². The Morgan fingerprint density at radius 2 is 1.79 bits per heavy atom. The minimum atomic E-state index is -3.36. The number of carbonyl (C=O) groups excluding carboxylic acids is 1. The predicted octanol–water partition coefficient (Wildman–Crippen LogP) is 3.75. The van der Waals surface area contributed by atoms with E-state index in [1.54, 1.807) is 19.3 Å². The third kappa shape index (κ3) is 8.28. The van der Waals surface area contributed by atoms with Gasteiger partial charge in [0, 0.05) is 49.6 Å². The van der Waals surface area contributed by atoms with Crippen LogP contribution < -0.4 is 10.6 Å². The van der Waals surface area contributed by atoms with Gasteiger partial charge >= 0.3 is 0 Å². The molecule has 39 heavy (non-hydrogen) atoms. The number of imidazole rings is 1. The predicted molar refractivity (Wildman–Crippen MR) is 149 cm³/mol. The number of carbonyl (C=O) groups is 1. The molecule has 11 nitrogen and oxygen atoms in total. The van der Waals surface area contributed by atoms with E-state index in [1.165, 1.54) is 12.6 Å². The van der Waals surface area contributed by atoms with Crippen molar-refractivity contribution in [2.24, 2.45) is 5.92 Å². The van der Waals surface area contributed by atoms with E-state index in [0.29, 0.717) is 35.7 Å². The highest BCUT2D eigenvalue weighted by atomic mass is 32.2. The molecule has 0 amide bonds. The Morgan fingerprint density at radius 1 is 1.05 bits per heavy atom. The van der Waals surface area contributed by atoms with Crippen molar-refractivity contribution in [2.45, 2.75) is 56.9 Å². The molecule has 0 bridgehead atoms. The van der Waals surface area contributed by atoms with Gasteiger partial charge in [-0.15, -0.1) is 0 Å². The third-order valence-electron chi connectivity index (χ3n) is 6.13. The van der Waals surface area contributed by atoms with Gasteiger partial charge in [-0.25, -0.2) is 33.3 Å². The van der Waals surface area contributed by atoms with Crippen LogP contribution in [0.15, 0.2) is 48.0 Å². The summed E-state index contributed by atoms with van der Waals surface area (Å²) in [7, 11) is -1.56. The summed E-state index contributed by atoms with van der Waals surface area (Å²) in [5.74, 6) is 2.99. The van der Waals surface area contributed by atoms with E-state index in [4.69, 9.17) is 0 Å². The molecule has 12 heteroatoms. The highest BCUT2D eigenvalue weighted by Gasteiger charge is 2.27. The quantitative estimate of drug-likeness (QED) is 0.326. The molecule has 0 aromatic carbocycles. The number of anilines is 2. The third-order valence-corrected chi connectivity index (χ3v) is 7.23. The first-order valence-electron chi connectivity index (χ1n) is 12.8. The highest BCUT2D eigenvalue weighted by Crippen LogP contribution is 2.41. The summed E-state index contributed by atoms with van der Waals surface area (Å²) in [5.41, 5.74) is 3.28. The number of aromatic nitrogens is 6. The fourth-order valence-corrected chi connectivity index (χ4v) is 4.53.